The Morgan fingerprint density at radius 3 is 2.61 bits per heavy atom. The van der Waals surface area contributed by atoms with Crippen LogP contribution in [0, 0.1) is 0 Å². The number of alkyl halides is 2. The number of guanidine groups is 1. The first kappa shape index (κ1) is 25.0. The number of aliphatic imine (C=N–C) groups is 1. The van der Waals surface area contributed by atoms with Gasteiger partial charge in [0.1, 0.15) is 11.5 Å². The molecule has 6 nitrogen and oxygen atoms in total. The van der Waals surface area contributed by atoms with Crippen LogP contribution < -0.4 is 25.0 Å². The van der Waals surface area contributed by atoms with Gasteiger partial charge >= 0.3 is 6.61 Å². The second-order valence-electron chi connectivity index (χ2n) is 6.97. The molecule has 1 saturated heterocycles. The maximum absolute atomic E-state index is 12.7. The van der Waals surface area contributed by atoms with E-state index in [4.69, 9.17) is 4.74 Å². The van der Waals surface area contributed by atoms with Crippen LogP contribution >= 0.6 is 24.0 Å². The fraction of sp³-hybridized carbons (Fsp3) is 0.409. The summed E-state index contributed by atoms with van der Waals surface area (Å²) in [6, 6.07) is 14.9. The Hall–Kier alpha value is -2.30. The molecular weight excluding hydrogens is 517 g/mol. The number of nitrogens with zero attached hydrogens (tertiary/aromatic N) is 2. The van der Waals surface area contributed by atoms with Crippen molar-refractivity contribution < 1.29 is 18.3 Å². The summed E-state index contributed by atoms with van der Waals surface area (Å²) in [5, 5.41) is 6.72. The van der Waals surface area contributed by atoms with Gasteiger partial charge in [0.05, 0.1) is 19.3 Å². The molecule has 2 N–H and O–H groups in total. The van der Waals surface area contributed by atoms with E-state index in [0.717, 1.165) is 36.8 Å². The lowest BCUT2D eigenvalue weighted by atomic mass is 10.2. The molecule has 9 heteroatoms. The number of rotatable bonds is 8. The van der Waals surface area contributed by atoms with Gasteiger partial charge in [-0.15, -0.1) is 24.0 Å². The molecule has 0 saturated carbocycles. The number of methoxy groups -OCH3 is 1. The van der Waals surface area contributed by atoms with Crippen LogP contribution in [0.5, 0.6) is 11.5 Å². The van der Waals surface area contributed by atoms with Gasteiger partial charge in [0.25, 0.3) is 0 Å². The molecule has 3 rings (SSSR count). The van der Waals surface area contributed by atoms with Crippen molar-refractivity contribution in [1.82, 2.24) is 10.6 Å². The molecule has 0 spiro atoms. The zero-order valence-corrected chi connectivity index (χ0v) is 20.0. The van der Waals surface area contributed by atoms with E-state index in [1.54, 1.807) is 19.2 Å². The molecule has 0 amide bonds. The summed E-state index contributed by atoms with van der Waals surface area (Å²) in [5.41, 5.74) is 1.77. The van der Waals surface area contributed by atoms with Gasteiger partial charge in [-0.05, 0) is 43.2 Å². The maximum Gasteiger partial charge on any atom is 0.387 e. The number of hydrogen-bond donors (Lipinski definition) is 2. The summed E-state index contributed by atoms with van der Waals surface area (Å²) in [7, 11) is 1.64. The molecule has 1 unspecified atom stereocenters. The first-order chi connectivity index (χ1) is 14.6. The monoisotopic (exact) mass is 546 g/mol. The van der Waals surface area contributed by atoms with E-state index in [1.807, 2.05) is 43.3 Å². The Morgan fingerprint density at radius 1 is 1.19 bits per heavy atom. The summed E-state index contributed by atoms with van der Waals surface area (Å²) < 4.78 is 35.3. The first-order valence-corrected chi connectivity index (χ1v) is 10.1. The van der Waals surface area contributed by atoms with Crippen molar-refractivity contribution in [3.63, 3.8) is 0 Å². The first-order valence-electron chi connectivity index (χ1n) is 10.1. The van der Waals surface area contributed by atoms with Gasteiger partial charge in [-0.2, -0.15) is 8.78 Å². The number of nitrogens with one attached hydrogen (secondary N) is 2. The summed E-state index contributed by atoms with van der Waals surface area (Å²) >= 11 is 0. The molecule has 0 radical (unpaired) electrons. The van der Waals surface area contributed by atoms with Crippen molar-refractivity contribution in [2.75, 3.05) is 31.6 Å². The van der Waals surface area contributed by atoms with Crippen LogP contribution in [0.25, 0.3) is 0 Å². The van der Waals surface area contributed by atoms with Crippen LogP contribution in [-0.4, -0.2) is 45.4 Å². The molecule has 0 aromatic heterocycles. The maximum atomic E-state index is 12.7. The minimum Gasteiger partial charge on any atom is -0.497 e. The third-order valence-corrected chi connectivity index (χ3v) is 4.87. The van der Waals surface area contributed by atoms with Gasteiger partial charge in [-0.3, -0.25) is 0 Å². The molecule has 1 aliphatic rings. The van der Waals surface area contributed by atoms with Crippen molar-refractivity contribution in [3.05, 3.63) is 54.1 Å². The van der Waals surface area contributed by atoms with Gasteiger partial charge < -0.3 is 25.0 Å². The Bertz CT molecular complexity index is 837. The van der Waals surface area contributed by atoms with E-state index in [2.05, 4.69) is 25.3 Å². The molecule has 170 valence electrons. The van der Waals surface area contributed by atoms with Gasteiger partial charge in [0, 0.05) is 25.7 Å². The smallest absolute Gasteiger partial charge is 0.387 e. The Labute approximate surface area is 199 Å². The normalized spacial score (nSPS) is 16.1. The highest BCUT2D eigenvalue weighted by Crippen LogP contribution is 2.31. The summed E-state index contributed by atoms with van der Waals surface area (Å²) in [6.07, 6.45) is 0.871. The molecule has 1 heterocycles. The van der Waals surface area contributed by atoms with Gasteiger partial charge in [-0.1, -0.05) is 24.3 Å². The van der Waals surface area contributed by atoms with Crippen molar-refractivity contribution in [3.8, 4) is 11.5 Å². The number of ether oxygens (including phenoxy) is 2. The Morgan fingerprint density at radius 2 is 1.94 bits per heavy atom. The lowest BCUT2D eigenvalue weighted by Gasteiger charge is -2.22. The topological polar surface area (TPSA) is 58.1 Å². The Balaban J connectivity index is 0.00000341. The van der Waals surface area contributed by atoms with E-state index < -0.39 is 6.61 Å². The number of benzene rings is 2. The molecule has 1 aliphatic heterocycles. The van der Waals surface area contributed by atoms with E-state index in [1.165, 1.54) is 0 Å². The Kier molecular flexibility index (Phi) is 10.1. The standard InChI is InChI=1S/C22H28F2N4O2.HI/c1-3-25-22(26-14-16-8-10-18(29-2)11-9-16)27-17-12-13-28(15-17)19-6-4-5-7-20(19)30-21(23)24;/h4-11,17,21H,3,12-15H2,1-2H3,(H2,25,26,27);1H. The molecule has 2 aromatic rings. The highest BCUT2D eigenvalue weighted by molar-refractivity contribution is 14.0. The third-order valence-electron chi connectivity index (χ3n) is 4.87. The predicted molar refractivity (Wildman–Crippen MR) is 130 cm³/mol. The van der Waals surface area contributed by atoms with Crippen LogP contribution in [0.3, 0.4) is 0 Å². The largest absolute Gasteiger partial charge is 0.497 e. The van der Waals surface area contributed by atoms with Crippen LogP contribution in [0.1, 0.15) is 18.9 Å². The minimum atomic E-state index is -2.84. The second kappa shape index (κ2) is 12.5. The summed E-state index contributed by atoms with van der Waals surface area (Å²) in [6.45, 7) is 1.89. The molecular formula is C22H29F2IN4O2. The van der Waals surface area contributed by atoms with Gasteiger partial charge in [0.2, 0.25) is 0 Å². The third kappa shape index (κ3) is 7.41. The van der Waals surface area contributed by atoms with Crippen molar-refractivity contribution in [2.24, 2.45) is 4.99 Å². The highest BCUT2D eigenvalue weighted by Gasteiger charge is 2.26. The van der Waals surface area contributed by atoms with Crippen LogP contribution in [0.4, 0.5) is 14.5 Å². The van der Waals surface area contributed by atoms with Crippen molar-refractivity contribution >= 4 is 35.6 Å². The molecule has 1 fully saturated rings. The molecule has 31 heavy (non-hydrogen) atoms. The minimum absolute atomic E-state index is 0. The molecule has 0 aliphatic carbocycles. The highest BCUT2D eigenvalue weighted by atomic mass is 127. The zero-order valence-electron chi connectivity index (χ0n) is 17.7. The lowest BCUT2D eigenvalue weighted by Crippen LogP contribution is -2.44. The van der Waals surface area contributed by atoms with Crippen molar-refractivity contribution in [2.45, 2.75) is 32.5 Å². The summed E-state index contributed by atoms with van der Waals surface area (Å²) in [4.78, 5) is 6.73. The number of hydrogen-bond acceptors (Lipinski definition) is 4. The van der Waals surface area contributed by atoms with Gasteiger partial charge in [-0.25, -0.2) is 4.99 Å². The number of anilines is 1. The molecule has 0 bridgehead atoms. The fourth-order valence-electron chi connectivity index (χ4n) is 3.43. The van der Waals surface area contributed by atoms with Crippen molar-refractivity contribution in [1.29, 1.82) is 0 Å². The number of para-hydroxylation sites is 2. The van der Waals surface area contributed by atoms with E-state index in [0.29, 0.717) is 18.8 Å². The average Bonchev–Trinajstić information content (AvgIpc) is 3.21. The van der Waals surface area contributed by atoms with E-state index in [9.17, 15) is 8.78 Å². The van der Waals surface area contributed by atoms with E-state index in [-0.39, 0.29) is 35.8 Å². The SMILES string of the molecule is CCNC(=NCc1ccc(OC)cc1)NC1CCN(c2ccccc2OC(F)F)C1.I. The molecule has 2 aromatic carbocycles. The van der Waals surface area contributed by atoms with Gasteiger partial charge in [0.15, 0.2) is 5.96 Å². The van der Waals surface area contributed by atoms with Crippen LogP contribution in [0.2, 0.25) is 0 Å². The van der Waals surface area contributed by atoms with Crippen LogP contribution in [0.15, 0.2) is 53.5 Å². The van der Waals surface area contributed by atoms with E-state index >= 15 is 0 Å². The predicted octanol–water partition coefficient (Wildman–Crippen LogP) is 4.25. The quantitative estimate of drug-likeness (QED) is 0.295. The van der Waals surface area contributed by atoms with Crippen LogP contribution in [-0.2, 0) is 6.54 Å². The lowest BCUT2D eigenvalue weighted by molar-refractivity contribution is -0.0495. The number of halogens is 3. The molecule has 1 atom stereocenters. The second-order valence-corrected chi connectivity index (χ2v) is 6.97. The zero-order chi connectivity index (χ0) is 21.3. The fourth-order valence-corrected chi connectivity index (χ4v) is 3.43. The summed E-state index contributed by atoms with van der Waals surface area (Å²) in [5.74, 6) is 1.75. The average molecular weight is 546 g/mol.